The highest BCUT2D eigenvalue weighted by atomic mass is 16.4. The average Bonchev–Trinajstić information content (AvgIpc) is 2.46. The number of aryl methyl sites for hydroxylation is 3. The van der Waals surface area contributed by atoms with Crippen molar-refractivity contribution >= 4 is 5.97 Å². The van der Waals surface area contributed by atoms with Gasteiger partial charge in [0.05, 0.1) is 0 Å². The lowest BCUT2D eigenvalue weighted by Crippen LogP contribution is -2.00. The average molecular weight is 270 g/mol. The van der Waals surface area contributed by atoms with E-state index in [0.717, 1.165) is 12.8 Å². The van der Waals surface area contributed by atoms with Crippen molar-refractivity contribution in [2.24, 2.45) is 0 Å². The summed E-state index contributed by atoms with van der Waals surface area (Å²) in [5.74, 6) is -1.22. The van der Waals surface area contributed by atoms with Crippen LogP contribution in [0.2, 0.25) is 0 Å². The Morgan fingerprint density at radius 3 is 2.45 bits per heavy atom. The number of aromatic carboxylic acids is 1. The summed E-state index contributed by atoms with van der Waals surface area (Å²) in [5, 5.41) is 18.9. The first-order valence-corrected chi connectivity index (χ1v) is 6.73. The Hall–Kier alpha value is -2.29. The van der Waals surface area contributed by atoms with Gasteiger partial charge in [-0.25, -0.2) is 4.79 Å². The zero-order valence-electron chi connectivity index (χ0n) is 11.5. The van der Waals surface area contributed by atoms with Crippen LogP contribution >= 0.6 is 0 Å². The van der Waals surface area contributed by atoms with E-state index in [9.17, 15) is 9.90 Å². The highest BCUT2D eigenvalue weighted by Crippen LogP contribution is 2.24. The number of benzene rings is 2. The summed E-state index contributed by atoms with van der Waals surface area (Å²) in [7, 11) is 0. The van der Waals surface area contributed by atoms with E-state index in [0.29, 0.717) is 12.0 Å². The third-order valence-electron chi connectivity index (χ3n) is 3.43. The summed E-state index contributed by atoms with van der Waals surface area (Å²) in [5.41, 5.74) is 3.12. The van der Waals surface area contributed by atoms with Crippen molar-refractivity contribution in [3.8, 4) is 5.75 Å². The van der Waals surface area contributed by atoms with E-state index < -0.39 is 5.97 Å². The Morgan fingerprint density at radius 2 is 1.75 bits per heavy atom. The van der Waals surface area contributed by atoms with Crippen LogP contribution in [0.15, 0.2) is 42.5 Å². The molecule has 2 rings (SSSR count). The van der Waals surface area contributed by atoms with E-state index in [4.69, 9.17) is 5.11 Å². The molecule has 0 aliphatic rings. The van der Waals surface area contributed by atoms with Gasteiger partial charge in [0, 0.05) is 0 Å². The summed E-state index contributed by atoms with van der Waals surface area (Å²) in [6, 6.07) is 13.2. The molecule has 0 saturated heterocycles. The van der Waals surface area contributed by atoms with Gasteiger partial charge in [-0.2, -0.15) is 0 Å². The maximum Gasteiger partial charge on any atom is 0.339 e. The van der Waals surface area contributed by atoms with Crippen LogP contribution in [0.4, 0.5) is 0 Å². The van der Waals surface area contributed by atoms with Gasteiger partial charge in [0.2, 0.25) is 0 Å². The minimum absolute atomic E-state index is 0.0372. The molecule has 0 heterocycles. The molecule has 2 N–H and O–H groups in total. The van der Waals surface area contributed by atoms with Crippen molar-refractivity contribution in [3.05, 3.63) is 64.7 Å². The first kappa shape index (κ1) is 14.1. The van der Waals surface area contributed by atoms with E-state index in [1.807, 2.05) is 6.07 Å². The molecule has 2 aromatic carbocycles. The number of phenols is 1. The second kappa shape index (κ2) is 6.24. The lowest BCUT2D eigenvalue weighted by molar-refractivity contribution is 0.0693. The molecule has 0 aliphatic carbocycles. The molecule has 0 atom stereocenters. The van der Waals surface area contributed by atoms with E-state index >= 15 is 0 Å². The molecule has 0 unspecified atom stereocenters. The molecule has 3 nitrogen and oxygen atoms in total. The van der Waals surface area contributed by atoms with Crippen molar-refractivity contribution in [2.45, 2.75) is 26.2 Å². The molecular weight excluding hydrogens is 252 g/mol. The molecule has 0 amide bonds. The van der Waals surface area contributed by atoms with Gasteiger partial charge in [-0.15, -0.1) is 0 Å². The number of carboxylic acid groups (broad SMARTS) is 1. The third kappa shape index (κ3) is 3.18. The second-order valence-corrected chi connectivity index (χ2v) is 4.79. The Kier molecular flexibility index (Phi) is 4.41. The summed E-state index contributed by atoms with van der Waals surface area (Å²) in [4.78, 5) is 11.0. The summed E-state index contributed by atoms with van der Waals surface area (Å²) >= 11 is 0. The van der Waals surface area contributed by atoms with Gasteiger partial charge >= 0.3 is 5.97 Å². The lowest BCUT2D eigenvalue weighted by atomic mass is 9.99. The van der Waals surface area contributed by atoms with Crippen LogP contribution in [0.25, 0.3) is 0 Å². The molecular formula is C17H18O3. The molecule has 0 spiro atoms. The van der Waals surface area contributed by atoms with Gasteiger partial charge in [0.15, 0.2) is 0 Å². The minimum atomic E-state index is -1.10. The number of aromatic hydroxyl groups is 1. The first-order chi connectivity index (χ1) is 9.61. The minimum Gasteiger partial charge on any atom is -0.507 e. The number of carboxylic acids is 1. The Morgan fingerprint density at radius 1 is 1.05 bits per heavy atom. The number of rotatable bonds is 5. The number of hydrogen-bond donors (Lipinski definition) is 2. The summed E-state index contributed by atoms with van der Waals surface area (Å²) < 4.78 is 0. The van der Waals surface area contributed by atoms with Crippen LogP contribution in [-0.2, 0) is 19.3 Å². The monoisotopic (exact) mass is 270 g/mol. The maximum absolute atomic E-state index is 11.0. The summed E-state index contributed by atoms with van der Waals surface area (Å²) in [6.07, 6.45) is 2.40. The van der Waals surface area contributed by atoms with Crippen LogP contribution < -0.4 is 0 Å². The van der Waals surface area contributed by atoms with Crippen LogP contribution in [0.3, 0.4) is 0 Å². The van der Waals surface area contributed by atoms with Crippen LogP contribution in [0.1, 0.15) is 34.0 Å². The highest BCUT2D eigenvalue weighted by Gasteiger charge is 2.12. The molecule has 104 valence electrons. The number of hydrogen-bond acceptors (Lipinski definition) is 2. The van der Waals surface area contributed by atoms with Gasteiger partial charge in [0.1, 0.15) is 11.3 Å². The fourth-order valence-corrected chi connectivity index (χ4v) is 2.25. The third-order valence-corrected chi connectivity index (χ3v) is 3.43. The maximum atomic E-state index is 11.0. The zero-order chi connectivity index (χ0) is 14.5. The van der Waals surface area contributed by atoms with Gasteiger partial charge in [-0.1, -0.05) is 43.3 Å². The molecule has 0 aliphatic heterocycles. The molecule has 0 saturated carbocycles. The summed E-state index contributed by atoms with van der Waals surface area (Å²) in [6.45, 7) is 2.11. The predicted molar refractivity (Wildman–Crippen MR) is 78.3 cm³/mol. The normalized spacial score (nSPS) is 10.4. The van der Waals surface area contributed by atoms with Gasteiger partial charge in [0.25, 0.3) is 0 Å². The molecule has 0 fully saturated rings. The Balaban J connectivity index is 2.14. The fourth-order valence-electron chi connectivity index (χ4n) is 2.25. The van der Waals surface area contributed by atoms with Crippen LogP contribution in [0, 0.1) is 0 Å². The highest BCUT2D eigenvalue weighted by molar-refractivity contribution is 5.91. The van der Waals surface area contributed by atoms with Gasteiger partial charge in [-0.3, -0.25) is 0 Å². The van der Waals surface area contributed by atoms with Crippen molar-refractivity contribution in [3.63, 3.8) is 0 Å². The zero-order valence-corrected chi connectivity index (χ0v) is 11.5. The largest absolute Gasteiger partial charge is 0.507 e. The van der Waals surface area contributed by atoms with Crippen LogP contribution in [0.5, 0.6) is 5.75 Å². The van der Waals surface area contributed by atoms with E-state index in [-0.39, 0.29) is 11.3 Å². The number of para-hydroxylation sites is 1. The molecule has 2 aromatic rings. The quantitative estimate of drug-likeness (QED) is 0.875. The SMILES string of the molecule is CCc1cccc(CCc2cccc(C(=O)O)c2O)c1. The first-order valence-electron chi connectivity index (χ1n) is 6.73. The Labute approximate surface area is 118 Å². The van der Waals surface area contributed by atoms with Crippen molar-refractivity contribution in [1.29, 1.82) is 0 Å². The molecule has 3 heteroatoms. The van der Waals surface area contributed by atoms with E-state index in [2.05, 4.69) is 25.1 Å². The lowest BCUT2D eigenvalue weighted by Gasteiger charge is -2.08. The molecule has 0 radical (unpaired) electrons. The van der Waals surface area contributed by atoms with Gasteiger partial charge < -0.3 is 10.2 Å². The van der Waals surface area contributed by atoms with E-state index in [1.165, 1.54) is 17.2 Å². The predicted octanol–water partition coefficient (Wildman–Crippen LogP) is 3.44. The second-order valence-electron chi connectivity index (χ2n) is 4.79. The topological polar surface area (TPSA) is 57.5 Å². The Bertz CT molecular complexity index is 617. The van der Waals surface area contributed by atoms with Gasteiger partial charge in [-0.05, 0) is 42.0 Å². The van der Waals surface area contributed by atoms with Crippen molar-refractivity contribution in [2.75, 3.05) is 0 Å². The molecule has 0 bridgehead atoms. The standard InChI is InChI=1S/C17H18O3/c1-2-12-5-3-6-13(11-12)9-10-14-7-4-8-15(16(14)18)17(19)20/h3-8,11,18H,2,9-10H2,1H3,(H,19,20). The van der Waals surface area contributed by atoms with Crippen molar-refractivity contribution < 1.29 is 15.0 Å². The fraction of sp³-hybridized carbons (Fsp3) is 0.235. The smallest absolute Gasteiger partial charge is 0.339 e. The van der Waals surface area contributed by atoms with Crippen molar-refractivity contribution in [1.82, 2.24) is 0 Å². The van der Waals surface area contributed by atoms with Crippen LogP contribution in [-0.4, -0.2) is 16.2 Å². The molecule has 20 heavy (non-hydrogen) atoms. The van der Waals surface area contributed by atoms with E-state index in [1.54, 1.807) is 12.1 Å². The number of carbonyl (C=O) groups is 1. The molecule has 0 aromatic heterocycles.